The lowest BCUT2D eigenvalue weighted by atomic mass is 9.78. The highest BCUT2D eigenvalue weighted by Gasteiger charge is 2.28. The summed E-state index contributed by atoms with van der Waals surface area (Å²) in [7, 11) is 0. The van der Waals surface area contributed by atoms with Crippen LogP contribution in [0.4, 0.5) is 0 Å². The molecule has 2 rings (SSSR count). The first-order valence-electron chi connectivity index (χ1n) is 6.89. The zero-order valence-electron chi connectivity index (χ0n) is 11.3. The van der Waals surface area contributed by atoms with Crippen molar-refractivity contribution < 1.29 is 0 Å². The Morgan fingerprint density at radius 3 is 2.65 bits per heavy atom. The van der Waals surface area contributed by atoms with Crippen LogP contribution < -0.4 is 5.32 Å². The number of nitrogens with one attached hydrogen (secondary N) is 1. The zero-order valence-corrected chi connectivity index (χ0v) is 11.3. The van der Waals surface area contributed by atoms with E-state index in [1.54, 1.807) is 0 Å². The van der Waals surface area contributed by atoms with Crippen LogP contribution in [0, 0.1) is 19.8 Å². The summed E-state index contributed by atoms with van der Waals surface area (Å²) in [5, 5.41) is 3.68. The average Bonchev–Trinajstić information content (AvgIpc) is 2.19. The number of nitrogens with zero attached hydrogens (tertiary/aromatic N) is 1. The second-order valence-electron chi connectivity index (χ2n) is 5.33. The van der Waals surface area contributed by atoms with Gasteiger partial charge in [0, 0.05) is 5.69 Å². The van der Waals surface area contributed by atoms with Gasteiger partial charge in [0.15, 0.2) is 0 Å². The molecule has 1 aromatic heterocycles. The second-order valence-corrected chi connectivity index (χ2v) is 5.33. The van der Waals surface area contributed by atoms with Gasteiger partial charge in [-0.1, -0.05) is 13.3 Å². The Balaban J connectivity index is 2.17. The summed E-state index contributed by atoms with van der Waals surface area (Å²) in [6.07, 6.45) is 5.29. The molecule has 1 aromatic rings. The quantitative estimate of drug-likeness (QED) is 0.840. The molecule has 0 spiro atoms. The van der Waals surface area contributed by atoms with Crippen LogP contribution in [0.5, 0.6) is 0 Å². The number of pyridine rings is 1. The van der Waals surface area contributed by atoms with Gasteiger partial charge in [-0.2, -0.15) is 0 Å². The Morgan fingerprint density at radius 2 is 2.12 bits per heavy atom. The normalized spacial score (nSPS) is 17.8. The predicted molar refractivity (Wildman–Crippen MR) is 72.1 cm³/mol. The molecule has 0 radical (unpaired) electrons. The molecule has 0 amide bonds. The first-order chi connectivity index (χ1) is 8.20. The fourth-order valence-corrected chi connectivity index (χ4v) is 2.62. The summed E-state index contributed by atoms with van der Waals surface area (Å²) >= 11 is 0. The van der Waals surface area contributed by atoms with Gasteiger partial charge in [-0.05, 0) is 63.3 Å². The molecule has 0 aromatic carbocycles. The van der Waals surface area contributed by atoms with Gasteiger partial charge < -0.3 is 5.32 Å². The van der Waals surface area contributed by atoms with Gasteiger partial charge in [0.1, 0.15) is 0 Å². The lowest BCUT2D eigenvalue weighted by Gasteiger charge is -2.34. The van der Waals surface area contributed by atoms with E-state index in [1.807, 2.05) is 0 Å². The highest BCUT2D eigenvalue weighted by Crippen LogP contribution is 2.37. The van der Waals surface area contributed by atoms with E-state index >= 15 is 0 Å². The van der Waals surface area contributed by atoms with Crippen molar-refractivity contribution in [1.82, 2.24) is 10.3 Å². The van der Waals surface area contributed by atoms with Crippen LogP contribution in [0.25, 0.3) is 0 Å². The molecule has 0 aliphatic heterocycles. The number of hydrogen-bond acceptors (Lipinski definition) is 2. The van der Waals surface area contributed by atoms with Crippen molar-refractivity contribution in [2.75, 3.05) is 6.54 Å². The second kappa shape index (κ2) is 5.63. The summed E-state index contributed by atoms with van der Waals surface area (Å²) in [4.78, 5) is 4.73. The number of hydrogen-bond donors (Lipinski definition) is 1. The topological polar surface area (TPSA) is 24.9 Å². The smallest absolute Gasteiger partial charge is 0.0581 e. The Labute approximate surface area is 105 Å². The Morgan fingerprint density at radius 1 is 1.35 bits per heavy atom. The van der Waals surface area contributed by atoms with E-state index < -0.39 is 0 Å². The maximum atomic E-state index is 4.73. The first kappa shape index (κ1) is 12.6. The molecule has 0 saturated heterocycles. The summed E-state index contributed by atoms with van der Waals surface area (Å²) < 4.78 is 0. The van der Waals surface area contributed by atoms with E-state index in [9.17, 15) is 0 Å². The van der Waals surface area contributed by atoms with E-state index in [-0.39, 0.29) is 0 Å². The van der Waals surface area contributed by atoms with Crippen LogP contribution in [0.3, 0.4) is 0 Å². The summed E-state index contributed by atoms with van der Waals surface area (Å²) in [5.41, 5.74) is 3.72. The van der Waals surface area contributed by atoms with Gasteiger partial charge in [-0.15, -0.1) is 0 Å². The van der Waals surface area contributed by atoms with Crippen LogP contribution in [-0.2, 0) is 0 Å². The average molecular weight is 232 g/mol. The maximum absolute atomic E-state index is 4.73. The molecule has 2 nitrogen and oxygen atoms in total. The molecule has 1 N–H and O–H groups in total. The van der Waals surface area contributed by atoms with E-state index in [0.717, 1.165) is 18.2 Å². The summed E-state index contributed by atoms with van der Waals surface area (Å²) in [5.74, 6) is 0.801. The van der Waals surface area contributed by atoms with Crippen LogP contribution in [0.2, 0.25) is 0 Å². The van der Waals surface area contributed by atoms with Gasteiger partial charge >= 0.3 is 0 Å². The third-order valence-electron chi connectivity index (χ3n) is 3.67. The van der Waals surface area contributed by atoms with Crippen LogP contribution in [0.1, 0.15) is 55.6 Å². The van der Waals surface area contributed by atoms with Crippen molar-refractivity contribution in [3.63, 3.8) is 0 Å². The minimum Gasteiger partial charge on any atom is -0.308 e. The molecule has 0 bridgehead atoms. The third-order valence-corrected chi connectivity index (χ3v) is 3.67. The van der Waals surface area contributed by atoms with Crippen LogP contribution in [-0.4, -0.2) is 11.5 Å². The molecule has 1 saturated carbocycles. The van der Waals surface area contributed by atoms with E-state index in [2.05, 4.69) is 38.2 Å². The van der Waals surface area contributed by atoms with E-state index in [4.69, 9.17) is 4.98 Å². The number of aromatic nitrogens is 1. The highest BCUT2D eigenvalue weighted by atomic mass is 14.9. The third kappa shape index (κ3) is 3.06. The van der Waals surface area contributed by atoms with Crippen molar-refractivity contribution in [3.8, 4) is 0 Å². The Bertz CT molecular complexity index is 349. The van der Waals surface area contributed by atoms with E-state index in [0.29, 0.717) is 6.04 Å². The largest absolute Gasteiger partial charge is 0.308 e. The predicted octanol–water partition coefficient (Wildman–Crippen LogP) is 3.54. The van der Waals surface area contributed by atoms with Gasteiger partial charge in [0.25, 0.3) is 0 Å². The molecule has 94 valence electrons. The molecule has 1 unspecified atom stereocenters. The number of aryl methyl sites for hydroxylation is 2. The van der Waals surface area contributed by atoms with Crippen molar-refractivity contribution in [1.29, 1.82) is 0 Å². The lowest BCUT2D eigenvalue weighted by molar-refractivity contribution is 0.227. The zero-order chi connectivity index (χ0) is 12.3. The molecule has 1 fully saturated rings. The minimum atomic E-state index is 0.474. The van der Waals surface area contributed by atoms with E-state index in [1.165, 1.54) is 36.9 Å². The Kier molecular flexibility index (Phi) is 4.16. The first-order valence-corrected chi connectivity index (χ1v) is 6.89. The molecule has 17 heavy (non-hydrogen) atoms. The molecule has 1 aliphatic rings. The minimum absolute atomic E-state index is 0.474. The standard InChI is InChI=1S/C15H24N2/c1-4-8-16-15(13-6-5-7-13)14-10-11(2)9-12(3)17-14/h9-10,13,15-16H,4-8H2,1-3H3. The van der Waals surface area contributed by atoms with Gasteiger partial charge in [0.05, 0.1) is 11.7 Å². The number of rotatable bonds is 5. The highest BCUT2D eigenvalue weighted by molar-refractivity contribution is 5.22. The van der Waals surface area contributed by atoms with Crippen molar-refractivity contribution in [2.24, 2.45) is 5.92 Å². The van der Waals surface area contributed by atoms with Crippen LogP contribution in [0.15, 0.2) is 12.1 Å². The van der Waals surface area contributed by atoms with Gasteiger partial charge in [-0.3, -0.25) is 4.98 Å². The fraction of sp³-hybridized carbons (Fsp3) is 0.667. The maximum Gasteiger partial charge on any atom is 0.0581 e. The molecular weight excluding hydrogens is 208 g/mol. The molecule has 1 aliphatic carbocycles. The monoisotopic (exact) mass is 232 g/mol. The molecule has 1 atom stereocenters. The summed E-state index contributed by atoms with van der Waals surface area (Å²) in [6, 6.07) is 4.88. The Hall–Kier alpha value is -0.890. The van der Waals surface area contributed by atoms with Crippen molar-refractivity contribution in [2.45, 2.75) is 52.5 Å². The fourth-order valence-electron chi connectivity index (χ4n) is 2.62. The van der Waals surface area contributed by atoms with Gasteiger partial charge in [0.2, 0.25) is 0 Å². The van der Waals surface area contributed by atoms with Crippen LogP contribution >= 0.6 is 0 Å². The molecular formula is C15H24N2. The molecule has 1 heterocycles. The molecule has 2 heteroatoms. The SMILES string of the molecule is CCCNC(c1cc(C)cc(C)n1)C1CCC1. The van der Waals surface area contributed by atoms with Crippen molar-refractivity contribution >= 4 is 0 Å². The summed E-state index contributed by atoms with van der Waals surface area (Å²) in [6.45, 7) is 7.57. The van der Waals surface area contributed by atoms with Crippen molar-refractivity contribution in [3.05, 3.63) is 29.1 Å². The van der Waals surface area contributed by atoms with Gasteiger partial charge in [-0.25, -0.2) is 0 Å². The lowest BCUT2D eigenvalue weighted by Crippen LogP contribution is -2.33.